The lowest BCUT2D eigenvalue weighted by molar-refractivity contribution is -0.140. The van der Waals surface area contributed by atoms with E-state index in [1.807, 2.05) is 75.4 Å². The number of nitrogens with one attached hydrogen (secondary N) is 1. The molecule has 208 valence electrons. The van der Waals surface area contributed by atoms with Crippen molar-refractivity contribution in [2.45, 2.75) is 39.8 Å². The molecule has 39 heavy (non-hydrogen) atoms. The molecular weight excluding hydrogens is 517 g/mol. The lowest BCUT2D eigenvalue weighted by Crippen LogP contribution is -2.53. The molecule has 3 aromatic rings. The minimum absolute atomic E-state index is 0.0714. The van der Waals surface area contributed by atoms with E-state index in [-0.39, 0.29) is 30.5 Å². The zero-order chi connectivity index (χ0) is 28.6. The average molecular weight is 554 g/mol. The number of aryl methyl sites for hydroxylation is 1. The van der Waals surface area contributed by atoms with Gasteiger partial charge in [-0.1, -0.05) is 86.1 Å². The fourth-order valence-corrected chi connectivity index (χ4v) is 5.08. The van der Waals surface area contributed by atoms with E-state index in [1.54, 1.807) is 0 Å². The molecule has 1 N–H and O–H groups in total. The SMILES string of the molecule is Cc1cccc(CN(C(=O)CN(c2ccccc2F)S(C)(=O)=O)[C@H](Cc2ccccc2)C(=O)NCC(C)C)c1. The van der Waals surface area contributed by atoms with E-state index in [1.165, 1.54) is 23.1 Å². The van der Waals surface area contributed by atoms with E-state index in [0.717, 1.165) is 33.3 Å². The monoisotopic (exact) mass is 553 g/mol. The van der Waals surface area contributed by atoms with Crippen LogP contribution in [0.5, 0.6) is 0 Å². The number of anilines is 1. The van der Waals surface area contributed by atoms with E-state index >= 15 is 0 Å². The van der Waals surface area contributed by atoms with Crippen LogP contribution in [0.15, 0.2) is 78.9 Å². The van der Waals surface area contributed by atoms with Gasteiger partial charge in [0.1, 0.15) is 18.4 Å². The third-order valence-corrected chi connectivity index (χ3v) is 7.32. The average Bonchev–Trinajstić information content (AvgIpc) is 2.88. The van der Waals surface area contributed by atoms with E-state index in [4.69, 9.17) is 0 Å². The van der Waals surface area contributed by atoms with Gasteiger partial charge >= 0.3 is 0 Å². The number of para-hydroxylation sites is 1. The number of rotatable bonds is 12. The van der Waals surface area contributed by atoms with E-state index < -0.39 is 34.3 Å². The Morgan fingerprint density at radius 2 is 1.56 bits per heavy atom. The Bertz CT molecular complexity index is 1380. The van der Waals surface area contributed by atoms with Gasteiger partial charge in [0, 0.05) is 19.5 Å². The molecule has 9 heteroatoms. The maximum atomic E-state index is 14.7. The van der Waals surface area contributed by atoms with Gasteiger partial charge in [-0.05, 0) is 36.1 Å². The summed E-state index contributed by atoms with van der Waals surface area (Å²) in [6, 6.07) is 21.3. The molecule has 0 spiro atoms. The molecule has 0 aliphatic heterocycles. The molecule has 2 amide bonds. The van der Waals surface area contributed by atoms with Crippen molar-refractivity contribution in [1.29, 1.82) is 0 Å². The topological polar surface area (TPSA) is 86.8 Å². The molecule has 0 radical (unpaired) electrons. The summed E-state index contributed by atoms with van der Waals surface area (Å²) in [4.78, 5) is 28.9. The van der Waals surface area contributed by atoms with Crippen molar-refractivity contribution in [3.05, 3.63) is 101 Å². The molecule has 0 fully saturated rings. The quantitative estimate of drug-likeness (QED) is 0.362. The Labute approximate surface area is 230 Å². The highest BCUT2D eigenvalue weighted by molar-refractivity contribution is 7.92. The maximum Gasteiger partial charge on any atom is 0.244 e. The van der Waals surface area contributed by atoms with Gasteiger partial charge in [-0.2, -0.15) is 0 Å². The second-order valence-electron chi connectivity index (χ2n) is 10.1. The van der Waals surface area contributed by atoms with Crippen LogP contribution in [0.25, 0.3) is 0 Å². The van der Waals surface area contributed by atoms with Crippen LogP contribution in [-0.2, 0) is 32.6 Å². The molecule has 3 rings (SSSR count). The highest BCUT2D eigenvalue weighted by atomic mass is 32.2. The number of halogens is 1. The van der Waals surface area contributed by atoms with Crippen LogP contribution in [-0.4, -0.2) is 50.5 Å². The van der Waals surface area contributed by atoms with Crippen molar-refractivity contribution in [3.63, 3.8) is 0 Å². The molecule has 0 bridgehead atoms. The minimum Gasteiger partial charge on any atom is -0.354 e. The van der Waals surface area contributed by atoms with Gasteiger partial charge in [0.05, 0.1) is 11.9 Å². The summed E-state index contributed by atoms with van der Waals surface area (Å²) >= 11 is 0. The van der Waals surface area contributed by atoms with Crippen LogP contribution in [0, 0.1) is 18.7 Å². The van der Waals surface area contributed by atoms with Crippen molar-refractivity contribution in [1.82, 2.24) is 10.2 Å². The summed E-state index contributed by atoms with van der Waals surface area (Å²) in [7, 11) is -4.03. The molecular formula is C30H36FN3O4S. The summed E-state index contributed by atoms with van der Waals surface area (Å²) < 4.78 is 40.9. The molecule has 0 aliphatic carbocycles. The van der Waals surface area contributed by atoms with Crippen LogP contribution in [0.4, 0.5) is 10.1 Å². The molecule has 0 aliphatic rings. The minimum atomic E-state index is -4.03. The highest BCUT2D eigenvalue weighted by Crippen LogP contribution is 2.23. The molecule has 0 saturated heterocycles. The molecule has 1 atom stereocenters. The standard InChI is InChI=1S/C30H36FN3O4S/c1-22(2)19-32-30(36)28(18-24-12-6-5-7-13-24)33(20-25-14-10-11-23(3)17-25)29(35)21-34(39(4,37)38)27-16-9-8-15-26(27)31/h5-17,22,28H,18-21H2,1-4H3,(H,32,36)/t28-/m1/s1. The van der Waals surface area contributed by atoms with Gasteiger partial charge in [-0.25, -0.2) is 12.8 Å². The number of hydrogen-bond donors (Lipinski definition) is 1. The molecule has 0 unspecified atom stereocenters. The van der Waals surface area contributed by atoms with Crippen LogP contribution in [0.2, 0.25) is 0 Å². The lowest BCUT2D eigenvalue weighted by atomic mass is 10.0. The summed E-state index contributed by atoms with van der Waals surface area (Å²) in [6.45, 7) is 5.70. The van der Waals surface area contributed by atoms with Gasteiger partial charge < -0.3 is 10.2 Å². The van der Waals surface area contributed by atoms with Crippen LogP contribution in [0.1, 0.15) is 30.5 Å². The lowest BCUT2D eigenvalue weighted by Gasteiger charge is -2.33. The Balaban J connectivity index is 2.05. The zero-order valence-electron chi connectivity index (χ0n) is 22.8. The number of nitrogens with zero attached hydrogens (tertiary/aromatic N) is 2. The van der Waals surface area contributed by atoms with Crippen molar-refractivity contribution in [2.75, 3.05) is 23.7 Å². The van der Waals surface area contributed by atoms with Crippen molar-refractivity contribution < 1.29 is 22.4 Å². The second kappa shape index (κ2) is 13.4. The van der Waals surface area contributed by atoms with Gasteiger partial charge in [0.25, 0.3) is 0 Å². The fraction of sp³-hybridized carbons (Fsp3) is 0.333. The number of hydrogen-bond acceptors (Lipinski definition) is 4. The normalized spacial score (nSPS) is 12.2. The van der Waals surface area contributed by atoms with Crippen LogP contribution < -0.4 is 9.62 Å². The Morgan fingerprint density at radius 3 is 2.18 bits per heavy atom. The van der Waals surface area contributed by atoms with E-state index in [0.29, 0.717) is 6.54 Å². The van der Waals surface area contributed by atoms with Crippen LogP contribution in [0.3, 0.4) is 0 Å². The first kappa shape index (κ1) is 29.8. The predicted octanol–water partition coefficient (Wildman–Crippen LogP) is 4.31. The molecule has 0 saturated carbocycles. The molecule has 7 nitrogen and oxygen atoms in total. The fourth-order valence-electron chi connectivity index (χ4n) is 4.23. The number of carbonyl (C=O) groups is 2. The van der Waals surface area contributed by atoms with Gasteiger partial charge in [-0.15, -0.1) is 0 Å². The molecule has 0 heterocycles. The first-order chi connectivity index (χ1) is 18.5. The Kier molecular flexibility index (Phi) is 10.2. The summed E-state index contributed by atoms with van der Waals surface area (Å²) in [5.41, 5.74) is 2.38. The summed E-state index contributed by atoms with van der Waals surface area (Å²) in [5, 5.41) is 2.93. The first-order valence-electron chi connectivity index (χ1n) is 12.8. The summed E-state index contributed by atoms with van der Waals surface area (Å²) in [6.07, 6.45) is 1.15. The highest BCUT2D eigenvalue weighted by Gasteiger charge is 2.33. The van der Waals surface area contributed by atoms with Crippen molar-refractivity contribution in [2.24, 2.45) is 5.92 Å². The van der Waals surface area contributed by atoms with E-state index in [2.05, 4.69) is 5.32 Å². The van der Waals surface area contributed by atoms with Gasteiger partial charge in [0.15, 0.2) is 0 Å². The molecule has 3 aromatic carbocycles. The number of sulfonamides is 1. The largest absolute Gasteiger partial charge is 0.354 e. The van der Waals surface area contributed by atoms with E-state index in [9.17, 15) is 22.4 Å². The number of amides is 2. The summed E-state index contributed by atoms with van der Waals surface area (Å²) in [5.74, 6) is -1.54. The smallest absolute Gasteiger partial charge is 0.244 e. The van der Waals surface area contributed by atoms with Crippen molar-refractivity contribution in [3.8, 4) is 0 Å². The molecule has 0 aromatic heterocycles. The zero-order valence-corrected chi connectivity index (χ0v) is 23.6. The second-order valence-corrected chi connectivity index (χ2v) is 12.0. The van der Waals surface area contributed by atoms with Gasteiger partial charge in [0.2, 0.25) is 21.8 Å². The Morgan fingerprint density at radius 1 is 0.923 bits per heavy atom. The van der Waals surface area contributed by atoms with Gasteiger partial charge in [-0.3, -0.25) is 13.9 Å². The Hall–Kier alpha value is -3.72. The third kappa shape index (κ3) is 8.64. The van der Waals surface area contributed by atoms with Crippen LogP contribution >= 0.6 is 0 Å². The number of benzene rings is 3. The predicted molar refractivity (Wildman–Crippen MR) is 152 cm³/mol. The third-order valence-electron chi connectivity index (χ3n) is 6.19. The van der Waals surface area contributed by atoms with Crippen molar-refractivity contribution >= 4 is 27.5 Å². The number of carbonyl (C=O) groups excluding carboxylic acids is 2. The maximum absolute atomic E-state index is 14.7. The first-order valence-corrected chi connectivity index (χ1v) is 14.7.